The molecule has 2 amide bonds. The van der Waals surface area contributed by atoms with Crippen LogP contribution in [-0.2, 0) is 4.79 Å². The quantitative estimate of drug-likeness (QED) is 0.787. The summed E-state index contributed by atoms with van der Waals surface area (Å²) in [6, 6.07) is 3.63. The molecular formula is C12H15ClN2O3. The number of nitrogens with one attached hydrogen (secondary N) is 2. The topological polar surface area (TPSA) is 78.4 Å². The van der Waals surface area contributed by atoms with Gasteiger partial charge in [-0.1, -0.05) is 24.6 Å². The first-order valence-electron chi connectivity index (χ1n) is 5.50. The molecule has 0 aromatic heterocycles. The average Bonchev–Trinajstić information content (AvgIpc) is 2.30. The third-order valence-electron chi connectivity index (χ3n) is 2.46. The number of hydrogen-bond donors (Lipinski definition) is 3. The number of anilines is 1. The van der Waals surface area contributed by atoms with E-state index < -0.39 is 18.0 Å². The van der Waals surface area contributed by atoms with E-state index in [-0.39, 0.29) is 0 Å². The molecule has 98 valence electrons. The Hall–Kier alpha value is -1.75. The van der Waals surface area contributed by atoms with Gasteiger partial charge >= 0.3 is 12.0 Å². The van der Waals surface area contributed by atoms with Crippen molar-refractivity contribution in [3.05, 3.63) is 28.8 Å². The SMILES string of the molecule is CCC(NC(=O)Nc1cc(Cl)ccc1C)C(=O)O. The van der Waals surface area contributed by atoms with Crippen molar-refractivity contribution in [2.24, 2.45) is 0 Å². The lowest BCUT2D eigenvalue weighted by atomic mass is 10.2. The largest absolute Gasteiger partial charge is 0.480 e. The van der Waals surface area contributed by atoms with Crippen LogP contribution in [0.1, 0.15) is 18.9 Å². The highest BCUT2D eigenvalue weighted by Crippen LogP contribution is 2.19. The van der Waals surface area contributed by atoms with Gasteiger partial charge in [-0.05, 0) is 31.0 Å². The first-order valence-corrected chi connectivity index (χ1v) is 5.88. The van der Waals surface area contributed by atoms with Crippen LogP contribution in [0.15, 0.2) is 18.2 Å². The molecule has 5 nitrogen and oxygen atoms in total. The number of hydrogen-bond acceptors (Lipinski definition) is 2. The molecule has 0 aliphatic carbocycles. The van der Waals surface area contributed by atoms with Crippen LogP contribution < -0.4 is 10.6 Å². The number of carbonyl (C=O) groups excluding carboxylic acids is 1. The first-order chi connectivity index (χ1) is 8.43. The lowest BCUT2D eigenvalue weighted by Gasteiger charge is -2.14. The van der Waals surface area contributed by atoms with Crippen LogP contribution in [0.3, 0.4) is 0 Å². The second kappa shape index (κ2) is 6.26. The summed E-state index contributed by atoms with van der Waals surface area (Å²) in [4.78, 5) is 22.4. The van der Waals surface area contributed by atoms with Gasteiger partial charge in [0.05, 0.1) is 0 Å². The molecule has 0 aliphatic rings. The van der Waals surface area contributed by atoms with E-state index in [9.17, 15) is 9.59 Å². The van der Waals surface area contributed by atoms with Crippen molar-refractivity contribution >= 4 is 29.3 Å². The van der Waals surface area contributed by atoms with Gasteiger partial charge in [-0.2, -0.15) is 0 Å². The van der Waals surface area contributed by atoms with Crippen LogP contribution in [0.25, 0.3) is 0 Å². The summed E-state index contributed by atoms with van der Waals surface area (Å²) in [6.07, 6.45) is 0.317. The van der Waals surface area contributed by atoms with Crippen molar-refractivity contribution in [3.63, 3.8) is 0 Å². The second-order valence-electron chi connectivity index (χ2n) is 3.86. The predicted molar refractivity (Wildman–Crippen MR) is 70.1 cm³/mol. The van der Waals surface area contributed by atoms with Gasteiger partial charge in [0, 0.05) is 10.7 Å². The fourth-order valence-corrected chi connectivity index (χ4v) is 1.56. The van der Waals surface area contributed by atoms with Gasteiger partial charge in [0.15, 0.2) is 0 Å². The molecule has 3 N–H and O–H groups in total. The van der Waals surface area contributed by atoms with Crippen LogP contribution >= 0.6 is 11.6 Å². The lowest BCUT2D eigenvalue weighted by Crippen LogP contribution is -2.42. The number of aryl methyl sites for hydroxylation is 1. The third-order valence-corrected chi connectivity index (χ3v) is 2.69. The first kappa shape index (κ1) is 14.3. The Morgan fingerprint density at radius 3 is 2.67 bits per heavy atom. The van der Waals surface area contributed by atoms with Crippen molar-refractivity contribution in [2.45, 2.75) is 26.3 Å². The maximum atomic E-state index is 11.6. The predicted octanol–water partition coefficient (Wildman–Crippen LogP) is 2.63. The van der Waals surface area contributed by atoms with Gasteiger partial charge in [0.25, 0.3) is 0 Å². The Morgan fingerprint density at radius 2 is 2.11 bits per heavy atom. The molecule has 0 saturated heterocycles. The second-order valence-corrected chi connectivity index (χ2v) is 4.29. The third kappa shape index (κ3) is 3.92. The number of aliphatic carboxylic acids is 1. The Bertz CT molecular complexity index is 463. The number of urea groups is 1. The van der Waals surface area contributed by atoms with E-state index in [2.05, 4.69) is 10.6 Å². The van der Waals surface area contributed by atoms with E-state index in [0.717, 1.165) is 5.56 Å². The number of carbonyl (C=O) groups is 2. The Kier molecular flexibility index (Phi) is 4.97. The summed E-state index contributed by atoms with van der Waals surface area (Å²) in [5.41, 5.74) is 1.40. The number of amides is 2. The molecule has 18 heavy (non-hydrogen) atoms. The Morgan fingerprint density at radius 1 is 1.44 bits per heavy atom. The van der Waals surface area contributed by atoms with E-state index >= 15 is 0 Å². The molecule has 0 fully saturated rings. The number of carboxylic acid groups (broad SMARTS) is 1. The van der Waals surface area contributed by atoms with Gasteiger partial charge in [-0.25, -0.2) is 9.59 Å². The highest BCUT2D eigenvalue weighted by atomic mass is 35.5. The molecule has 0 radical (unpaired) electrons. The molecular weight excluding hydrogens is 256 g/mol. The average molecular weight is 271 g/mol. The van der Waals surface area contributed by atoms with Crippen LogP contribution in [0.5, 0.6) is 0 Å². The highest BCUT2D eigenvalue weighted by Gasteiger charge is 2.17. The number of carboxylic acids is 1. The fourth-order valence-electron chi connectivity index (χ4n) is 1.38. The molecule has 1 rings (SSSR count). The zero-order chi connectivity index (χ0) is 13.7. The molecule has 0 spiro atoms. The van der Waals surface area contributed by atoms with E-state index in [1.165, 1.54) is 0 Å². The summed E-state index contributed by atoms with van der Waals surface area (Å²) in [5, 5.41) is 14.3. The summed E-state index contributed by atoms with van der Waals surface area (Å²) >= 11 is 5.82. The maximum Gasteiger partial charge on any atom is 0.326 e. The maximum absolute atomic E-state index is 11.6. The van der Waals surface area contributed by atoms with Crippen LogP contribution in [0.4, 0.5) is 10.5 Å². The van der Waals surface area contributed by atoms with Gasteiger partial charge < -0.3 is 15.7 Å². The van der Waals surface area contributed by atoms with Gasteiger partial charge in [0.2, 0.25) is 0 Å². The monoisotopic (exact) mass is 270 g/mol. The minimum absolute atomic E-state index is 0.317. The summed E-state index contributed by atoms with van der Waals surface area (Å²) in [5.74, 6) is -1.06. The van der Waals surface area contributed by atoms with Crippen molar-refractivity contribution in [2.75, 3.05) is 5.32 Å². The molecule has 1 aromatic rings. The van der Waals surface area contributed by atoms with Crippen molar-refractivity contribution < 1.29 is 14.7 Å². The van der Waals surface area contributed by atoms with E-state index in [1.54, 1.807) is 25.1 Å². The zero-order valence-electron chi connectivity index (χ0n) is 10.2. The van der Waals surface area contributed by atoms with Crippen LogP contribution in [0.2, 0.25) is 5.02 Å². The molecule has 0 saturated carbocycles. The van der Waals surface area contributed by atoms with Crippen molar-refractivity contribution in [1.82, 2.24) is 5.32 Å². The number of halogens is 1. The molecule has 0 heterocycles. The molecule has 1 aromatic carbocycles. The molecule has 0 bridgehead atoms. The van der Waals surface area contributed by atoms with E-state index in [1.807, 2.05) is 6.92 Å². The van der Waals surface area contributed by atoms with Crippen molar-refractivity contribution in [3.8, 4) is 0 Å². The smallest absolute Gasteiger partial charge is 0.326 e. The Labute approximate surface area is 110 Å². The fraction of sp³-hybridized carbons (Fsp3) is 0.333. The highest BCUT2D eigenvalue weighted by molar-refractivity contribution is 6.31. The van der Waals surface area contributed by atoms with Crippen LogP contribution in [-0.4, -0.2) is 23.1 Å². The molecule has 1 atom stereocenters. The van der Waals surface area contributed by atoms with Crippen LogP contribution in [0, 0.1) is 6.92 Å². The minimum atomic E-state index is -1.06. The van der Waals surface area contributed by atoms with Gasteiger partial charge in [-0.3, -0.25) is 0 Å². The van der Waals surface area contributed by atoms with Gasteiger partial charge in [-0.15, -0.1) is 0 Å². The molecule has 6 heteroatoms. The lowest BCUT2D eigenvalue weighted by molar-refractivity contribution is -0.139. The summed E-state index contributed by atoms with van der Waals surface area (Å²) in [7, 11) is 0. The van der Waals surface area contributed by atoms with E-state index in [0.29, 0.717) is 17.1 Å². The van der Waals surface area contributed by atoms with Crippen molar-refractivity contribution in [1.29, 1.82) is 0 Å². The summed E-state index contributed by atoms with van der Waals surface area (Å²) in [6.45, 7) is 3.50. The molecule has 0 aliphatic heterocycles. The number of rotatable bonds is 4. The van der Waals surface area contributed by atoms with Gasteiger partial charge in [0.1, 0.15) is 6.04 Å². The number of benzene rings is 1. The Balaban J connectivity index is 2.70. The summed E-state index contributed by atoms with van der Waals surface area (Å²) < 4.78 is 0. The molecule has 1 unspecified atom stereocenters. The zero-order valence-corrected chi connectivity index (χ0v) is 10.9. The standard InChI is InChI=1S/C12H15ClN2O3/c1-3-9(11(16)17)14-12(18)15-10-6-8(13)5-4-7(10)2/h4-6,9H,3H2,1-2H3,(H,16,17)(H2,14,15,18). The van der Waals surface area contributed by atoms with E-state index in [4.69, 9.17) is 16.7 Å². The minimum Gasteiger partial charge on any atom is -0.480 e. The normalized spacial score (nSPS) is 11.7.